The number of amides is 1. The van der Waals surface area contributed by atoms with Gasteiger partial charge in [0.2, 0.25) is 0 Å². The van der Waals surface area contributed by atoms with Gasteiger partial charge in [0.05, 0.1) is 5.02 Å². The van der Waals surface area contributed by atoms with Crippen molar-refractivity contribution in [1.82, 2.24) is 15.2 Å². The van der Waals surface area contributed by atoms with Crippen LogP contribution in [0.1, 0.15) is 30.3 Å². The fourth-order valence-corrected chi connectivity index (χ4v) is 2.76. The molecule has 5 nitrogen and oxygen atoms in total. The quantitative estimate of drug-likeness (QED) is 0.876. The van der Waals surface area contributed by atoms with Crippen LogP contribution in [-0.2, 0) is 0 Å². The third kappa shape index (κ3) is 4.32. The summed E-state index contributed by atoms with van der Waals surface area (Å²) in [4.78, 5) is 18.9. The number of likely N-dealkylation sites (tertiary alicyclic amines) is 1. The molecule has 21 heavy (non-hydrogen) atoms. The Balaban J connectivity index is 1.87. The maximum Gasteiger partial charge on any atom is 0.271 e. The van der Waals surface area contributed by atoms with Crippen LogP contribution in [0, 0.1) is 5.92 Å². The first-order valence-corrected chi connectivity index (χ1v) is 7.86. The van der Waals surface area contributed by atoms with Gasteiger partial charge in [-0.2, -0.15) is 0 Å². The molecule has 0 radical (unpaired) electrons. The summed E-state index contributed by atoms with van der Waals surface area (Å²) in [5.41, 5.74) is 0.287. The van der Waals surface area contributed by atoms with Crippen molar-refractivity contribution in [3.63, 3.8) is 0 Å². The highest BCUT2D eigenvalue weighted by molar-refractivity contribution is 6.33. The Kier molecular flexibility index (Phi) is 5.82. The van der Waals surface area contributed by atoms with E-state index in [2.05, 4.69) is 27.4 Å². The highest BCUT2D eigenvalue weighted by Crippen LogP contribution is 2.18. The highest BCUT2D eigenvalue weighted by Gasteiger charge is 2.20. The molecule has 0 saturated carbocycles. The summed E-state index contributed by atoms with van der Waals surface area (Å²) >= 11 is 6.05. The van der Waals surface area contributed by atoms with E-state index in [9.17, 15) is 4.79 Å². The van der Waals surface area contributed by atoms with Crippen molar-refractivity contribution >= 4 is 23.3 Å². The number of halogens is 1. The van der Waals surface area contributed by atoms with Gasteiger partial charge in [-0.3, -0.25) is 4.79 Å². The minimum absolute atomic E-state index is 0.199. The van der Waals surface area contributed by atoms with Gasteiger partial charge < -0.3 is 15.5 Å². The lowest BCUT2D eigenvalue weighted by atomic mass is 9.97. The van der Waals surface area contributed by atoms with E-state index in [1.165, 1.54) is 0 Å². The highest BCUT2D eigenvalue weighted by atomic mass is 35.5. The van der Waals surface area contributed by atoms with Gasteiger partial charge >= 0.3 is 0 Å². The van der Waals surface area contributed by atoms with Crippen molar-refractivity contribution in [2.24, 2.45) is 5.92 Å². The van der Waals surface area contributed by atoms with Gasteiger partial charge in [0.1, 0.15) is 11.5 Å². The second-order valence-corrected chi connectivity index (χ2v) is 5.77. The molecule has 116 valence electrons. The van der Waals surface area contributed by atoms with Crippen molar-refractivity contribution in [2.75, 3.05) is 38.5 Å². The van der Waals surface area contributed by atoms with Crippen LogP contribution in [0.15, 0.2) is 12.1 Å². The Morgan fingerprint density at radius 2 is 2.14 bits per heavy atom. The van der Waals surface area contributed by atoms with Crippen LogP contribution >= 0.6 is 11.6 Å². The zero-order valence-electron chi connectivity index (χ0n) is 12.7. The average molecular weight is 311 g/mol. The minimum Gasteiger partial charge on any atom is -0.373 e. The molecule has 0 spiro atoms. The van der Waals surface area contributed by atoms with E-state index in [1.807, 2.05) is 0 Å². The smallest absolute Gasteiger partial charge is 0.271 e. The Bertz CT molecular complexity index is 487. The number of piperidine rings is 1. The van der Waals surface area contributed by atoms with Crippen LogP contribution in [0.3, 0.4) is 0 Å². The maximum atomic E-state index is 12.2. The van der Waals surface area contributed by atoms with Crippen LogP contribution in [-0.4, -0.2) is 49.0 Å². The van der Waals surface area contributed by atoms with Crippen molar-refractivity contribution in [3.8, 4) is 0 Å². The van der Waals surface area contributed by atoms with E-state index in [1.54, 1.807) is 19.2 Å². The Labute approximate surface area is 131 Å². The second-order valence-electron chi connectivity index (χ2n) is 5.36. The molecule has 1 aromatic rings. The zero-order valence-corrected chi connectivity index (χ0v) is 13.4. The van der Waals surface area contributed by atoms with Crippen LogP contribution < -0.4 is 10.6 Å². The average Bonchev–Trinajstić information content (AvgIpc) is 2.53. The van der Waals surface area contributed by atoms with E-state index in [0.29, 0.717) is 23.3 Å². The lowest BCUT2D eigenvalue weighted by molar-refractivity contribution is 0.0932. The molecule has 2 rings (SSSR count). The third-order valence-corrected chi connectivity index (χ3v) is 4.33. The summed E-state index contributed by atoms with van der Waals surface area (Å²) in [6.07, 6.45) is 2.26. The molecule has 1 fully saturated rings. The number of anilines is 1. The SMILES string of the molecule is CCN1CCC(CNC(=O)c2nc(NC)ccc2Cl)CC1. The van der Waals surface area contributed by atoms with Crippen LogP contribution in [0.4, 0.5) is 5.82 Å². The summed E-state index contributed by atoms with van der Waals surface area (Å²) < 4.78 is 0. The molecular weight excluding hydrogens is 288 g/mol. The minimum atomic E-state index is -0.199. The fourth-order valence-electron chi connectivity index (χ4n) is 2.57. The van der Waals surface area contributed by atoms with Gasteiger partial charge in [0.25, 0.3) is 5.91 Å². The topological polar surface area (TPSA) is 57.3 Å². The predicted molar refractivity (Wildman–Crippen MR) is 86.0 cm³/mol. The number of pyridine rings is 1. The number of carbonyl (C=O) groups is 1. The number of aromatic nitrogens is 1. The first-order valence-electron chi connectivity index (χ1n) is 7.49. The van der Waals surface area contributed by atoms with Crippen molar-refractivity contribution in [1.29, 1.82) is 0 Å². The van der Waals surface area contributed by atoms with E-state index in [0.717, 1.165) is 32.5 Å². The molecule has 2 N–H and O–H groups in total. The molecule has 1 saturated heterocycles. The zero-order chi connectivity index (χ0) is 15.2. The molecule has 0 unspecified atom stereocenters. The van der Waals surface area contributed by atoms with Gasteiger partial charge in [0.15, 0.2) is 0 Å². The number of nitrogens with one attached hydrogen (secondary N) is 2. The Hall–Kier alpha value is -1.33. The summed E-state index contributed by atoms with van der Waals surface area (Å²) in [6, 6.07) is 3.44. The summed E-state index contributed by atoms with van der Waals surface area (Å²) in [5, 5.41) is 6.25. The molecule has 1 amide bonds. The summed E-state index contributed by atoms with van der Waals surface area (Å²) in [5.74, 6) is 0.985. The van der Waals surface area contributed by atoms with E-state index in [-0.39, 0.29) is 11.6 Å². The molecule has 0 aromatic carbocycles. The first kappa shape index (κ1) is 16.0. The van der Waals surface area contributed by atoms with Crippen molar-refractivity contribution in [2.45, 2.75) is 19.8 Å². The van der Waals surface area contributed by atoms with Crippen molar-refractivity contribution in [3.05, 3.63) is 22.8 Å². The molecule has 0 aliphatic carbocycles. The Morgan fingerprint density at radius 3 is 2.76 bits per heavy atom. The molecule has 1 aliphatic heterocycles. The molecule has 2 heterocycles. The molecular formula is C15H23ClN4O. The van der Waals surface area contributed by atoms with Gasteiger partial charge in [-0.05, 0) is 50.5 Å². The molecule has 0 atom stereocenters. The molecule has 6 heteroatoms. The molecule has 0 bridgehead atoms. The van der Waals surface area contributed by atoms with E-state index in [4.69, 9.17) is 11.6 Å². The van der Waals surface area contributed by atoms with Crippen LogP contribution in [0.25, 0.3) is 0 Å². The van der Waals surface area contributed by atoms with E-state index < -0.39 is 0 Å². The maximum absolute atomic E-state index is 12.2. The predicted octanol–water partition coefficient (Wildman–Crippen LogP) is 2.24. The van der Waals surface area contributed by atoms with Crippen molar-refractivity contribution < 1.29 is 4.79 Å². The second kappa shape index (κ2) is 7.61. The fraction of sp³-hybridized carbons (Fsp3) is 0.600. The summed E-state index contributed by atoms with van der Waals surface area (Å²) in [6.45, 7) is 6.22. The van der Waals surface area contributed by atoms with E-state index >= 15 is 0 Å². The first-order chi connectivity index (χ1) is 10.1. The standard InChI is InChI=1S/C15H23ClN4O/c1-3-20-8-6-11(7-9-20)10-18-15(21)14-12(16)4-5-13(17-2)19-14/h4-5,11H,3,6-10H2,1-2H3,(H,17,19)(H,18,21). The lowest BCUT2D eigenvalue weighted by Gasteiger charge is -2.31. The van der Waals surface area contributed by atoms with Gasteiger partial charge in [-0.25, -0.2) is 4.98 Å². The van der Waals surface area contributed by atoms with Gasteiger partial charge in [-0.1, -0.05) is 18.5 Å². The molecule has 1 aliphatic rings. The lowest BCUT2D eigenvalue weighted by Crippen LogP contribution is -2.38. The van der Waals surface area contributed by atoms with Crippen LogP contribution in [0.2, 0.25) is 5.02 Å². The van der Waals surface area contributed by atoms with Crippen LogP contribution in [0.5, 0.6) is 0 Å². The largest absolute Gasteiger partial charge is 0.373 e. The number of carbonyl (C=O) groups excluding carboxylic acids is 1. The number of rotatable bonds is 5. The normalized spacial score (nSPS) is 16.7. The Morgan fingerprint density at radius 1 is 1.43 bits per heavy atom. The number of hydrogen-bond acceptors (Lipinski definition) is 4. The monoisotopic (exact) mass is 310 g/mol. The molecule has 1 aromatic heterocycles. The number of nitrogens with zero attached hydrogens (tertiary/aromatic N) is 2. The van der Waals surface area contributed by atoms with Gasteiger partial charge in [0, 0.05) is 13.6 Å². The summed E-state index contributed by atoms with van der Waals surface area (Å²) in [7, 11) is 1.76. The van der Waals surface area contributed by atoms with Gasteiger partial charge in [-0.15, -0.1) is 0 Å². The number of hydrogen-bond donors (Lipinski definition) is 2. The third-order valence-electron chi connectivity index (χ3n) is 4.02.